The molecule has 0 radical (unpaired) electrons. The van der Waals surface area contributed by atoms with Crippen LogP contribution in [-0.2, 0) is 0 Å². The minimum atomic E-state index is 0.839. The van der Waals surface area contributed by atoms with Crippen LogP contribution in [0.5, 0.6) is 0 Å². The van der Waals surface area contributed by atoms with Crippen molar-refractivity contribution in [3.05, 3.63) is 0 Å². The van der Waals surface area contributed by atoms with Gasteiger partial charge < -0.3 is 5.32 Å². The molecule has 2 rings (SSSR count). The standard InChI is InChI=1S/C12H23NS/c1-10-3-2-4-12(9-10)13-11-5-7-14-8-6-11/h10-13H,2-9H2,1H3. The van der Waals surface area contributed by atoms with Crippen LogP contribution in [0, 0.1) is 5.92 Å². The van der Waals surface area contributed by atoms with Crippen LogP contribution in [-0.4, -0.2) is 23.6 Å². The van der Waals surface area contributed by atoms with E-state index in [0.29, 0.717) is 0 Å². The van der Waals surface area contributed by atoms with Crippen LogP contribution >= 0.6 is 11.8 Å². The maximum Gasteiger partial charge on any atom is 0.00853 e. The van der Waals surface area contributed by atoms with E-state index in [-0.39, 0.29) is 0 Å². The molecule has 1 N–H and O–H groups in total. The average Bonchev–Trinajstić information content (AvgIpc) is 2.19. The van der Waals surface area contributed by atoms with Crippen LogP contribution in [0.25, 0.3) is 0 Å². The van der Waals surface area contributed by atoms with Gasteiger partial charge in [0.1, 0.15) is 0 Å². The molecule has 82 valence electrons. The summed E-state index contributed by atoms with van der Waals surface area (Å²) < 4.78 is 0. The Bertz CT molecular complexity index is 166. The van der Waals surface area contributed by atoms with Gasteiger partial charge in [0, 0.05) is 12.1 Å². The van der Waals surface area contributed by atoms with Crippen LogP contribution in [0.1, 0.15) is 45.4 Å². The molecule has 0 aromatic heterocycles. The van der Waals surface area contributed by atoms with E-state index in [1.807, 2.05) is 0 Å². The summed E-state index contributed by atoms with van der Waals surface area (Å²) in [6, 6.07) is 1.68. The van der Waals surface area contributed by atoms with Crippen molar-refractivity contribution < 1.29 is 0 Å². The predicted octanol–water partition coefficient (Wildman–Crippen LogP) is 3.05. The Morgan fingerprint density at radius 3 is 2.50 bits per heavy atom. The molecule has 2 heteroatoms. The zero-order chi connectivity index (χ0) is 9.80. The number of rotatable bonds is 2. The Kier molecular flexibility index (Phi) is 4.18. The molecule has 1 saturated heterocycles. The van der Waals surface area contributed by atoms with Gasteiger partial charge in [-0.1, -0.05) is 19.8 Å². The number of hydrogen-bond donors (Lipinski definition) is 1. The molecule has 0 bridgehead atoms. The van der Waals surface area contributed by atoms with E-state index in [1.165, 1.54) is 50.0 Å². The van der Waals surface area contributed by atoms with Crippen molar-refractivity contribution in [2.24, 2.45) is 5.92 Å². The minimum Gasteiger partial charge on any atom is -0.311 e. The Labute approximate surface area is 92.4 Å². The molecule has 2 aliphatic rings. The normalized spacial score (nSPS) is 35.8. The lowest BCUT2D eigenvalue weighted by atomic mass is 9.86. The highest BCUT2D eigenvalue weighted by atomic mass is 32.2. The summed E-state index contributed by atoms with van der Waals surface area (Å²) in [5.41, 5.74) is 0. The van der Waals surface area contributed by atoms with Crippen molar-refractivity contribution in [2.45, 2.75) is 57.5 Å². The largest absolute Gasteiger partial charge is 0.311 e. The molecule has 1 saturated carbocycles. The zero-order valence-corrected chi connectivity index (χ0v) is 10.1. The molecule has 2 fully saturated rings. The maximum atomic E-state index is 3.87. The van der Waals surface area contributed by atoms with Gasteiger partial charge in [-0.3, -0.25) is 0 Å². The van der Waals surface area contributed by atoms with E-state index in [2.05, 4.69) is 24.0 Å². The van der Waals surface area contributed by atoms with Crippen molar-refractivity contribution in [1.29, 1.82) is 0 Å². The molecule has 1 heterocycles. The molecular weight excluding hydrogens is 190 g/mol. The Balaban J connectivity index is 1.72. The maximum absolute atomic E-state index is 3.87. The highest BCUT2D eigenvalue weighted by Gasteiger charge is 2.22. The summed E-state index contributed by atoms with van der Waals surface area (Å²) in [5, 5.41) is 3.87. The predicted molar refractivity (Wildman–Crippen MR) is 64.9 cm³/mol. The van der Waals surface area contributed by atoms with E-state index in [9.17, 15) is 0 Å². The van der Waals surface area contributed by atoms with Crippen molar-refractivity contribution in [3.8, 4) is 0 Å². The third-order valence-electron chi connectivity index (χ3n) is 3.63. The fourth-order valence-electron chi connectivity index (χ4n) is 2.78. The molecule has 2 atom stereocenters. The highest BCUT2D eigenvalue weighted by Crippen LogP contribution is 2.25. The first-order valence-electron chi connectivity index (χ1n) is 6.18. The summed E-state index contributed by atoms with van der Waals surface area (Å²) in [5.74, 6) is 3.71. The van der Waals surface area contributed by atoms with Gasteiger partial charge in [-0.05, 0) is 43.1 Å². The van der Waals surface area contributed by atoms with Crippen LogP contribution < -0.4 is 5.32 Å². The van der Waals surface area contributed by atoms with Crippen molar-refractivity contribution in [2.75, 3.05) is 11.5 Å². The molecule has 2 unspecified atom stereocenters. The summed E-state index contributed by atoms with van der Waals surface area (Å²) in [6.45, 7) is 2.41. The van der Waals surface area contributed by atoms with Gasteiger partial charge in [0.25, 0.3) is 0 Å². The van der Waals surface area contributed by atoms with Crippen LogP contribution in [0.4, 0.5) is 0 Å². The second-order valence-electron chi connectivity index (χ2n) is 5.02. The van der Waals surface area contributed by atoms with Crippen molar-refractivity contribution >= 4 is 11.8 Å². The van der Waals surface area contributed by atoms with Gasteiger partial charge in [0.2, 0.25) is 0 Å². The third kappa shape index (κ3) is 3.16. The average molecular weight is 213 g/mol. The molecule has 0 amide bonds. The van der Waals surface area contributed by atoms with Crippen LogP contribution in [0.2, 0.25) is 0 Å². The SMILES string of the molecule is CC1CCCC(NC2CCSCC2)C1. The second kappa shape index (κ2) is 5.41. The molecule has 0 aromatic carbocycles. The third-order valence-corrected chi connectivity index (χ3v) is 4.68. The first-order valence-corrected chi connectivity index (χ1v) is 7.34. The molecular formula is C12H23NS. The van der Waals surface area contributed by atoms with Gasteiger partial charge in [-0.2, -0.15) is 11.8 Å². The molecule has 0 aromatic rings. The molecule has 0 spiro atoms. The van der Waals surface area contributed by atoms with Crippen molar-refractivity contribution in [3.63, 3.8) is 0 Å². The first-order chi connectivity index (χ1) is 6.84. The quantitative estimate of drug-likeness (QED) is 0.756. The van der Waals surface area contributed by atoms with E-state index in [1.54, 1.807) is 0 Å². The Morgan fingerprint density at radius 2 is 1.79 bits per heavy atom. The topological polar surface area (TPSA) is 12.0 Å². The van der Waals surface area contributed by atoms with Gasteiger partial charge in [-0.25, -0.2) is 0 Å². The number of hydrogen-bond acceptors (Lipinski definition) is 2. The number of thioether (sulfide) groups is 1. The highest BCUT2D eigenvalue weighted by molar-refractivity contribution is 7.99. The van der Waals surface area contributed by atoms with E-state index in [0.717, 1.165) is 18.0 Å². The molecule has 1 nitrogen and oxygen atoms in total. The fourth-order valence-corrected chi connectivity index (χ4v) is 3.89. The lowest BCUT2D eigenvalue weighted by Crippen LogP contribution is -2.42. The van der Waals surface area contributed by atoms with Gasteiger partial charge in [0.05, 0.1) is 0 Å². The van der Waals surface area contributed by atoms with Crippen LogP contribution in [0.15, 0.2) is 0 Å². The lowest BCUT2D eigenvalue weighted by molar-refractivity contribution is 0.274. The van der Waals surface area contributed by atoms with E-state index in [4.69, 9.17) is 0 Å². The summed E-state index contributed by atoms with van der Waals surface area (Å²) in [4.78, 5) is 0. The first kappa shape index (κ1) is 10.8. The van der Waals surface area contributed by atoms with Gasteiger partial charge in [0.15, 0.2) is 0 Å². The summed E-state index contributed by atoms with van der Waals surface area (Å²) in [6.07, 6.45) is 8.54. The number of nitrogens with one attached hydrogen (secondary N) is 1. The minimum absolute atomic E-state index is 0.839. The van der Waals surface area contributed by atoms with E-state index < -0.39 is 0 Å². The Hall–Kier alpha value is 0.310. The van der Waals surface area contributed by atoms with Gasteiger partial charge >= 0.3 is 0 Å². The van der Waals surface area contributed by atoms with Crippen LogP contribution in [0.3, 0.4) is 0 Å². The van der Waals surface area contributed by atoms with Crippen molar-refractivity contribution in [1.82, 2.24) is 5.32 Å². The summed E-state index contributed by atoms with van der Waals surface area (Å²) >= 11 is 2.12. The second-order valence-corrected chi connectivity index (χ2v) is 6.25. The molecule has 1 aliphatic heterocycles. The molecule has 1 aliphatic carbocycles. The Morgan fingerprint density at radius 1 is 1.00 bits per heavy atom. The van der Waals surface area contributed by atoms with Gasteiger partial charge in [-0.15, -0.1) is 0 Å². The smallest absolute Gasteiger partial charge is 0.00853 e. The molecule has 14 heavy (non-hydrogen) atoms. The monoisotopic (exact) mass is 213 g/mol. The summed E-state index contributed by atoms with van der Waals surface area (Å²) in [7, 11) is 0. The lowest BCUT2D eigenvalue weighted by Gasteiger charge is -2.32. The fraction of sp³-hybridized carbons (Fsp3) is 1.00. The zero-order valence-electron chi connectivity index (χ0n) is 9.30. The van der Waals surface area contributed by atoms with E-state index >= 15 is 0 Å².